The zero-order chi connectivity index (χ0) is 20.3. The summed E-state index contributed by atoms with van der Waals surface area (Å²) in [7, 11) is -3.89. The van der Waals surface area contributed by atoms with Crippen LogP contribution < -0.4 is 10.0 Å². The third-order valence-corrected chi connectivity index (χ3v) is 5.99. The Kier molecular flexibility index (Phi) is 5.69. The van der Waals surface area contributed by atoms with Crippen molar-refractivity contribution in [1.29, 1.82) is 0 Å². The Labute approximate surface area is 164 Å². The van der Waals surface area contributed by atoms with Crippen LogP contribution in [0.3, 0.4) is 0 Å². The first-order valence-electron chi connectivity index (χ1n) is 9.07. The van der Waals surface area contributed by atoms with Crippen LogP contribution in [0.15, 0.2) is 47.4 Å². The fraction of sp³-hybridized carbons (Fsp3) is 0.300. The number of carbonyl (C=O) groups excluding carboxylic acids is 2. The zero-order valence-corrected chi connectivity index (χ0v) is 16.7. The van der Waals surface area contributed by atoms with E-state index in [4.69, 9.17) is 0 Å². The van der Waals surface area contributed by atoms with Crippen LogP contribution in [-0.2, 0) is 14.8 Å². The highest BCUT2D eigenvalue weighted by Gasteiger charge is 2.25. The van der Waals surface area contributed by atoms with Crippen LogP contribution in [0.5, 0.6) is 0 Å². The highest BCUT2D eigenvalue weighted by molar-refractivity contribution is 7.92. The molecule has 7 nitrogen and oxygen atoms in total. The minimum atomic E-state index is -3.89. The fourth-order valence-corrected chi connectivity index (χ4v) is 4.31. The summed E-state index contributed by atoms with van der Waals surface area (Å²) in [5.41, 5.74) is 1.87. The second-order valence-corrected chi connectivity index (χ2v) is 8.49. The van der Waals surface area contributed by atoms with Crippen molar-refractivity contribution in [3.05, 3.63) is 53.6 Å². The van der Waals surface area contributed by atoms with Crippen molar-refractivity contribution in [2.45, 2.75) is 31.6 Å². The molecule has 0 unspecified atom stereocenters. The number of rotatable bonds is 5. The summed E-state index contributed by atoms with van der Waals surface area (Å²) in [5.74, 6) is -0.395. The molecule has 1 aliphatic heterocycles. The van der Waals surface area contributed by atoms with Gasteiger partial charge in [0, 0.05) is 25.7 Å². The Hall–Kier alpha value is -2.87. The number of anilines is 2. The molecule has 0 aliphatic carbocycles. The first-order chi connectivity index (χ1) is 13.3. The van der Waals surface area contributed by atoms with Gasteiger partial charge in [0.25, 0.3) is 15.9 Å². The minimum Gasteiger partial charge on any atom is -0.339 e. The predicted octanol–water partition coefficient (Wildman–Crippen LogP) is 2.99. The van der Waals surface area contributed by atoms with Gasteiger partial charge in [0.15, 0.2) is 0 Å². The number of nitrogens with zero attached hydrogens (tertiary/aromatic N) is 1. The SMILES string of the molecule is CC(=O)Nc1ccc(S(=O)(=O)Nc2cccc(C)c2C(=O)N2CCCC2)cc1. The standard InChI is InChI=1S/C20H23N3O4S/c1-14-6-5-7-18(19(14)20(25)23-12-3-4-13-23)22-28(26,27)17-10-8-16(9-11-17)21-15(2)24/h5-11,22H,3-4,12-13H2,1-2H3,(H,21,24). The van der Waals surface area contributed by atoms with Crippen LogP contribution in [0.25, 0.3) is 0 Å². The van der Waals surface area contributed by atoms with Gasteiger partial charge in [-0.15, -0.1) is 0 Å². The van der Waals surface area contributed by atoms with Crippen LogP contribution in [0.4, 0.5) is 11.4 Å². The van der Waals surface area contributed by atoms with Crippen LogP contribution >= 0.6 is 0 Å². The first-order valence-corrected chi connectivity index (χ1v) is 10.6. The lowest BCUT2D eigenvalue weighted by molar-refractivity contribution is -0.114. The minimum absolute atomic E-state index is 0.0441. The number of hydrogen-bond donors (Lipinski definition) is 2. The molecule has 3 rings (SSSR count). The van der Waals surface area contributed by atoms with Gasteiger partial charge in [-0.05, 0) is 55.7 Å². The highest BCUT2D eigenvalue weighted by Crippen LogP contribution is 2.26. The molecule has 28 heavy (non-hydrogen) atoms. The molecule has 8 heteroatoms. The Morgan fingerprint density at radius 3 is 2.25 bits per heavy atom. The van der Waals surface area contributed by atoms with E-state index in [2.05, 4.69) is 10.0 Å². The van der Waals surface area contributed by atoms with E-state index in [9.17, 15) is 18.0 Å². The Balaban J connectivity index is 1.89. The maximum atomic E-state index is 12.9. The molecule has 0 bridgehead atoms. The molecule has 1 heterocycles. The van der Waals surface area contributed by atoms with Gasteiger partial charge in [0.05, 0.1) is 16.1 Å². The number of sulfonamides is 1. The van der Waals surface area contributed by atoms with Gasteiger partial charge in [-0.3, -0.25) is 14.3 Å². The molecule has 1 saturated heterocycles. The van der Waals surface area contributed by atoms with Gasteiger partial charge in [0.2, 0.25) is 5.91 Å². The fourth-order valence-electron chi connectivity index (χ4n) is 3.24. The molecule has 2 aromatic carbocycles. The van der Waals surface area contributed by atoms with Crippen LogP contribution in [-0.4, -0.2) is 38.2 Å². The number of amides is 2. The van der Waals surface area contributed by atoms with Crippen molar-refractivity contribution in [3.63, 3.8) is 0 Å². The maximum absolute atomic E-state index is 12.9. The number of aryl methyl sites for hydroxylation is 1. The second-order valence-electron chi connectivity index (χ2n) is 6.81. The molecule has 0 atom stereocenters. The molecule has 0 radical (unpaired) electrons. The molecule has 0 aromatic heterocycles. The molecular formula is C20H23N3O4S. The third-order valence-electron chi connectivity index (χ3n) is 4.61. The largest absolute Gasteiger partial charge is 0.339 e. The lowest BCUT2D eigenvalue weighted by Crippen LogP contribution is -2.29. The molecule has 0 saturated carbocycles. The quantitative estimate of drug-likeness (QED) is 0.805. The van der Waals surface area contributed by atoms with E-state index < -0.39 is 10.0 Å². The van der Waals surface area contributed by atoms with Gasteiger partial charge in [-0.25, -0.2) is 8.42 Å². The third kappa shape index (κ3) is 4.33. The summed E-state index contributed by atoms with van der Waals surface area (Å²) in [4.78, 5) is 25.8. The Bertz CT molecular complexity index is 995. The number of carbonyl (C=O) groups is 2. The number of hydrogen-bond acceptors (Lipinski definition) is 4. The summed E-state index contributed by atoms with van der Waals surface area (Å²) in [6.45, 7) is 4.54. The van der Waals surface area contributed by atoms with E-state index in [1.54, 1.807) is 30.0 Å². The van der Waals surface area contributed by atoms with Gasteiger partial charge in [0.1, 0.15) is 0 Å². The van der Waals surface area contributed by atoms with E-state index in [-0.39, 0.29) is 22.4 Å². The molecule has 2 N–H and O–H groups in total. The average Bonchev–Trinajstić information content (AvgIpc) is 3.16. The smallest absolute Gasteiger partial charge is 0.261 e. The van der Waals surface area contributed by atoms with E-state index >= 15 is 0 Å². The summed E-state index contributed by atoms with van der Waals surface area (Å²) in [6.07, 6.45) is 1.92. The first kappa shape index (κ1) is 19.9. The molecule has 2 amide bonds. The summed E-state index contributed by atoms with van der Waals surface area (Å²) in [6, 6.07) is 11.0. The normalized spacial score (nSPS) is 14.0. The highest BCUT2D eigenvalue weighted by atomic mass is 32.2. The summed E-state index contributed by atoms with van der Waals surface area (Å²) < 4.78 is 28.2. The van der Waals surface area contributed by atoms with Gasteiger partial charge >= 0.3 is 0 Å². The van der Waals surface area contributed by atoms with Crippen molar-refractivity contribution in [2.75, 3.05) is 23.1 Å². The van der Waals surface area contributed by atoms with Crippen molar-refractivity contribution in [2.24, 2.45) is 0 Å². The Morgan fingerprint density at radius 1 is 1.00 bits per heavy atom. The molecule has 0 spiro atoms. The van der Waals surface area contributed by atoms with Gasteiger partial charge in [-0.2, -0.15) is 0 Å². The number of likely N-dealkylation sites (tertiary alicyclic amines) is 1. The second kappa shape index (κ2) is 8.02. The molecule has 148 valence electrons. The van der Waals surface area contributed by atoms with Crippen molar-refractivity contribution >= 4 is 33.2 Å². The predicted molar refractivity (Wildman–Crippen MR) is 108 cm³/mol. The molecule has 2 aromatic rings. The van der Waals surface area contributed by atoms with Gasteiger partial charge in [-0.1, -0.05) is 12.1 Å². The summed E-state index contributed by atoms with van der Waals surface area (Å²) in [5, 5.41) is 2.59. The maximum Gasteiger partial charge on any atom is 0.261 e. The monoisotopic (exact) mass is 401 g/mol. The van der Waals surface area contributed by atoms with E-state index in [1.165, 1.54) is 31.2 Å². The molecule has 1 fully saturated rings. The van der Waals surface area contributed by atoms with Crippen molar-refractivity contribution in [1.82, 2.24) is 4.90 Å². The van der Waals surface area contributed by atoms with E-state index in [1.807, 2.05) is 0 Å². The Morgan fingerprint density at radius 2 is 1.64 bits per heavy atom. The van der Waals surface area contributed by atoms with Crippen molar-refractivity contribution in [3.8, 4) is 0 Å². The lowest BCUT2D eigenvalue weighted by Gasteiger charge is -2.20. The van der Waals surface area contributed by atoms with Crippen molar-refractivity contribution < 1.29 is 18.0 Å². The van der Waals surface area contributed by atoms with E-state index in [0.717, 1.165) is 18.4 Å². The average molecular weight is 401 g/mol. The van der Waals surface area contributed by atoms with Crippen LogP contribution in [0, 0.1) is 6.92 Å². The number of nitrogens with one attached hydrogen (secondary N) is 2. The van der Waals surface area contributed by atoms with Crippen LogP contribution in [0.1, 0.15) is 35.7 Å². The molecule has 1 aliphatic rings. The lowest BCUT2D eigenvalue weighted by atomic mass is 10.1. The topological polar surface area (TPSA) is 95.6 Å². The van der Waals surface area contributed by atoms with Crippen LogP contribution in [0.2, 0.25) is 0 Å². The zero-order valence-electron chi connectivity index (χ0n) is 15.9. The molecular weight excluding hydrogens is 378 g/mol. The van der Waals surface area contributed by atoms with Gasteiger partial charge < -0.3 is 10.2 Å². The van der Waals surface area contributed by atoms with E-state index in [0.29, 0.717) is 24.3 Å². The number of benzene rings is 2. The summed E-state index contributed by atoms with van der Waals surface area (Å²) >= 11 is 0.